The first-order valence-electron chi connectivity index (χ1n) is 11.1. The van der Waals surface area contributed by atoms with Gasteiger partial charge in [-0.05, 0) is 31.5 Å². The minimum Gasteiger partial charge on any atom is -0.494 e. The number of azo groups is 1. The van der Waals surface area contributed by atoms with Gasteiger partial charge in [0.05, 0.1) is 23.4 Å². The fourth-order valence-electron chi connectivity index (χ4n) is 3.03. The number of ether oxygens (including phenoxy) is 2. The number of methoxy groups -OCH3 is 2. The predicted octanol–water partition coefficient (Wildman–Crippen LogP) is 3.73. The van der Waals surface area contributed by atoms with E-state index < -0.39 is 19.7 Å². The van der Waals surface area contributed by atoms with Crippen LogP contribution in [-0.4, -0.2) is 61.5 Å². The molecule has 1 aromatic carbocycles. The standard InChI is InChI=1S/C23H32N6O6S2/c1-6-36(30,31)14-12-26-23-21(16(3)20(24)22(27-23)25-11-8-13-34-4)29-28-18-15-17(37(32,33)7-2)9-10-19(18)35-5/h6-7,9-10,15H,1-2,8,11-14,24H2,3-5H3,(H2,25,26,27). The molecule has 0 unspecified atom stereocenters. The van der Waals surface area contributed by atoms with E-state index in [-0.39, 0.29) is 40.1 Å². The van der Waals surface area contributed by atoms with Crippen LogP contribution in [-0.2, 0) is 24.4 Å². The molecule has 0 saturated carbocycles. The van der Waals surface area contributed by atoms with Crippen LogP contribution in [0, 0.1) is 6.92 Å². The van der Waals surface area contributed by atoms with Crippen molar-refractivity contribution in [3.8, 4) is 5.75 Å². The summed E-state index contributed by atoms with van der Waals surface area (Å²) >= 11 is 0. The second-order valence-corrected chi connectivity index (χ2v) is 11.6. The number of anilines is 3. The van der Waals surface area contributed by atoms with Crippen molar-refractivity contribution in [1.29, 1.82) is 0 Å². The summed E-state index contributed by atoms with van der Waals surface area (Å²) in [6.07, 6.45) is 0.711. The maximum Gasteiger partial charge on any atom is 0.199 e. The highest BCUT2D eigenvalue weighted by Gasteiger charge is 2.18. The van der Waals surface area contributed by atoms with Crippen molar-refractivity contribution in [3.63, 3.8) is 0 Å². The van der Waals surface area contributed by atoms with Crippen molar-refractivity contribution >= 4 is 48.4 Å². The van der Waals surface area contributed by atoms with Crippen LogP contribution in [0.5, 0.6) is 5.75 Å². The fraction of sp³-hybridized carbons (Fsp3) is 0.348. The average Bonchev–Trinajstić information content (AvgIpc) is 2.88. The third-order valence-corrected chi connectivity index (χ3v) is 7.80. The molecule has 0 aliphatic carbocycles. The van der Waals surface area contributed by atoms with Crippen LogP contribution in [0.25, 0.3) is 0 Å². The molecule has 0 atom stereocenters. The van der Waals surface area contributed by atoms with Gasteiger partial charge in [-0.25, -0.2) is 21.8 Å². The monoisotopic (exact) mass is 552 g/mol. The van der Waals surface area contributed by atoms with Crippen molar-refractivity contribution < 1.29 is 26.3 Å². The Bertz CT molecular complexity index is 1370. The summed E-state index contributed by atoms with van der Waals surface area (Å²) in [5.74, 6) is 0.689. The van der Waals surface area contributed by atoms with Crippen molar-refractivity contribution in [1.82, 2.24) is 4.98 Å². The zero-order valence-electron chi connectivity index (χ0n) is 21.0. The van der Waals surface area contributed by atoms with Gasteiger partial charge in [-0.15, -0.1) is 10.2 Å². The van der Waals surface area contributed by atoms with E-state index in [2.05, 4.69) is 39.0 Å². The first-order chi connectivity index (χ1) is 17.5. The third-order valence-electron chi connectivity index (χ3n) is 5.17. The Morgan fingerprint density at radius 1 is 1.05 bits per heavy atom. The van der Waals surface area contributed by atoms with Crippen molar-refractivity contribution in [2.45, 2.75) is 18.2 Å². The van der Waals surface area contributed by atoms with Crippen molar-refractivity contribution in [2.24, 2.45) is 10.2 Å². The van der Waals surface area contributed by atoms with Gasteiger partial charge in [0.1, 0.15) is 17.1 Å². The number of nitrogens with zero attached hydrogens (tertiary/aromatic N) is 3. The van der Waals surface area contributed by atoms with Gasteiger partial charge in [-0.1, -0.05) is 13.2 Å². The SMILES string of the molecule is C=CS(=O)(=O)CCNc1nc(NCCCOC)c(N)c(C)c1N=Nc1cc(S(=O)(=O)C=C)ccc1OC. The summed E-state index contributed by atoms with van der Waals surface area (Å²) in [4.78, 5) is 4.47. The number of sulfone groups is 2. The number of nitrogens with two attached hydrogens (primary N) is 1. The van der Waals surface area contributed by atoms with E-state index in [0.29, 0.717) is 36.6 Å². The summed E-state index contributed by atoms with van der Waals surface area (Å²) in [7, 11) is -4.15. The van der Waals surface area contributed by atoms with Gasteiger partial charge < -0.3 is 25.8 Å². The largest absolute Gasteiger partial charge is 0.494 e. The van der Waals surface area contributed by atoms with Crippen LogP contribution in [0.1, 0.15) is 12.0 Å². The van der Waals surface area contributed by atoms with E-state index >= 15 is 0 Å². The number of pyridine rings is 1. The smallest absolute Gasteiger partial charge is 0.199 e. The molecule has 0 spiro atoms. The molecular formula is C23H32N6O6S2. The molecule has 37 heavy (non-hydrogen) atoms. The van der Waals surface area contributed by atoms with Gasteiger partial charge in [0, 0.05) is 43.2 Å². The zero-order chi connectivity index (χ0) is 27.6. The van der Waals surface area contributed by atoms with E-state index in [1.165, 1.54) is 25.3 Å². The predicted molar refractivity (Wildman–Crippen MR) is 145 cm³/mol. The summed E-state index contributed by atoms with van der Waals surface area (Å²) < 4.78 is 58.5. The lowest BCUT2D eigenvalue weighted by molar-refractivity contribution is 0.198. The fourth-order valence-corrected chi connectivity index (χ4v) is 4.31. The van der Waals surface area contributed by atoms with Crippen LogP contribution in [0.2, 0.25) is 0 Å². The molecule has 0 radical (unpaired) electrons. The molecule has 4 N–H and O–H groups in total. The normalized spacial score (nSPS) is 11.9. The van der Waals surface area contributed by atoms with Gasteiger partial charge in [-0.3, -0.25) is 0 Å². The molecule has 12 nitrogen and oxygen atoms in total. The van der Waals surface area contributed by atoms with Crippen LogP contribution < -0.4 is 21.1 Å². The molecule has 0 aliphatic heterocycles. The summed E-state index contributed by atoms with van der Waals surface area (Å²) in [5.41, 5.74) is 7.54. The summed E-state index contributed by atoms with van der Waals surface area (Å²) in [5, 5.41) is 16.3. The molecule has 2 aromatic rings. The number of aromatic nitrogens is 1. The minimum absolute atomic E-state index is 0.0206. The number of hydrogen-bond donors (Lipinski definition) is 3. The van der Waals surface area contributed by atoms with Crippen LogP contribution >= 0.6 is 0 Å². The number of rotatable bonds is 15. The molecule has 0 fully saturated rings. The molecule has 14 heteroatoms. The number of nitrogen functional groups attached to an aromatic ring is 1. The molecule has 0 amide bonds. The molecular weight excluding hydrogens is 520 g/mol. The van der Waals surface area contributed by atoms with E-state index in [4.69, 9.17) is 15.2 Å². The Labute approximate surface area is 217 Å². The van der Waals surface area contributed by atoms with Gasteiger partial charge in [0.15, 0.2) is 31.3 Å². The second-order valence-electron chi connectivity index (χ2n) is 7.68. The summed E-state index contributed by atoms with van der Waals surface area (Å²) in [6, 6.07) is 4.13. The maximum atomic E-state index is 12.2. The first-order valence-corrected chi connectivity index (χ1v) is 14.3. The van der Waals surface area contributed by atoms with E-state index in [1.807, 2.05) is 0 Å². The molecule has 2 rings (SSSR count). The number of benzene rings is 1. The summed E-state index contributed by atoms with van der Waals surface area (Å²) in [6.45, 7) is 9.47. The van der Waals surface area contributed by atoms with E-state index in [9.17, 15) is 16.8 Å². The Morgan fingerprint density at radius 2 is 1.76 bits per heavy atom. The number of hydrogen-bond acceptors (Lipinski definition) is 12. The number of nitrogens with one attached hydrogen (secondary N) is 2. The van der Waals surface area contributed by atoms with Crippen molar-refractivity contribution in [2.75, 3.05) is 56.0 Å². The van der Waals surface area contributed by atoms with Crippen LogP contribution in [0.4, 0.5) is 28.7 Å². The van der Waals surface area contributed by atoms with Crippen LogP contribution in [0.3, 0.4) is 0 Å². The first kappa shape index (κ1) is 29.7. The van der Waals surface area contributed by atoms with Gasteiger partial charge in [-0.2, -0.15) is 0 Å². The van der Waals surface area contributed by atoms with Gasteiger partial charge in [0.2, 0.25) is 0 Å². The quantitative estimate of drug-likeness (QED) is 0.218. The van der Waals surface area contributed by atoms with Gasteiger partial charge >= 0.3 is 0 Å². The van der Waals surface area contributed by atoms with Crippen LogP contribution in [0.15, 0.2) is 57.3 Å². The average molecular weight is 553 g/mol. The zero-order valence-corrected chi connectivity index (χ0v) is 22.7. The molecule has 0 saturated heterocycles. The molecule has 0 aliphatic rings. The highest BCUT2D eigenvalue weighted by atomic mass is 32.2. The lowest BCUT2D eigenvalue weighted by Crippen LogP contribution is -2.16. The van der Waals surface area contributed by atoms with E-state index in [1.54, 1.807) is 14.0 Å². The Morgan fingerprint density at radius 3 is 2.38 bits per heavy atom. The second kappa shape index (κ2) is 13.2. The molecule has 1 aromatic heterocycles. The highest BCUT2D eigenvalue weighted by molar-refractivity contribution is 7.94. The topological polar surface area (TPSA) is 174 Å². The van der Waals surface area contributed by atoms with Gasteiger partial charge in [0.25, 0.3) is 0 Å². The van der Waals surface area contributed by atoms with E-state index in [0.717, 1.165) is 10.8 Å². The molecule has 1 heterocycles. The molecule has 202 valence electrons. The van der Waals surface area contributed by atoms with Crippen molar-refractivity contribution in [3.05, 3.63) is 47.7 Å². The Balaban J connectivity index is 2.53. The lowest BCUT2D eigenvalue weighted by atomic mass is 10.2. The Hall–Kier alpha value is -3.49. The lowest BCUT2D eigenvalue weighted by Gasteiger charge is -2.16. The minimum atomic E-state index is -3.72. The Kier molecular flexibility index (Phi) is 10.6. The highest BCUT2D eigenvalue weighted by Crippen LogP contribution is 2.38. The molecule has 0 bridgehead atoms. The maximum absolute atomic E-state index is 12.2. The third kappa shape index (κ3) is 8.00.